The Morgan fingerprint density at radius 3 is 2.18 bits per heavy atom. The molecule has 398 valence electrons. The number of hydrogen-bond donors (Lipinski definition) is 7. The van der Waals surface area contributed by atoms with Gasteiger partial charge in [0.05, 0.1) is 65.1 Å². The predicted octanol–water partition coefficient (Wildman–Crippen LogP) is 6.51. The van der Waals surface area contributed by atoms with Crippen molar-refractivity contribution in [3.8, 4) is 11.5 Å². The summed E-state index contributed by atoms with van der Waals surface area (Å²) in [6.07, 6.45) is -4.04. The van der Waals surface area contributed by atoms with E-state index in [2.05, 4.69) is 0 Å². The average Bonchev–Trinajstić information content (AvgIpc) is 3.30. The summed E-state index contributed by atoms with van der Waals surface area (Å²) in [5.74, 6) is -5.69. The van der Waals surface area contributed by atoms with E-state index in [-0.39, 0.29) is 41.0 Å². The van der Waals surface area contributed by atoms with Gasteiger partial charge < -0.3 is 68.9 Å². The maximum Gasteiger partial charge on any atom is 0.336 e. The van der Waals surface area contributed by atoms with Crippen molar-refractivity contribution in [3.63, 3.8) is 0 Å². The molecule has 17 nitrogen and oxygen atoms in total. The van der Waals surface area contributed by atoms with Gasteiger partial charge >= 0.3 is 11.9 Å². The Kier molecular flexibility index (Phi) is 21.9. The van der Waals surface area contributed by atoms with Crippen molar-refractivity contribution in [2.24, 2.45) is 17.8 Å². The summed E-state index contributed by atoms with van der Waals surface area (Å²) in [6, 6.07) is 0. The number of phenols is 2. The topological polar surface area (TPSA) is 257 Å². The van der Waals surface area contributed by atoms with Crippen molar-refractivity contribution in [2.75, 3.05) is 13.7 Å². The second-order valence-electron chi connectivity index (χ2n) is 19.4. The van der Waals surface area contributed by atoms with Crippen LogP contribution in [0.15, 0.2) is 58.7 Å². The molecule has 1 aromatic carbocycles. The molecule has 4 rings (SSSR count). The highest BCUT2D eigenvalue weighted by molar-refractivity contribution is 6.39. The second kappa shape index (κ2) is 26.0. The molecule has 14 atom stereocenters. The molecule has 0 radical (unpaired) electrons. The average molecular weight is 1040 g/mol. The van der Waals surface area contributed by atoms with Crippen LogP contribution < -0.4 is 0 Å². The number of halogens is 2. The summed E-state index contributed by atoms with van der Waals surface area (Å²) < 4.78 is 42.0. The molecule has 0 saturated carbocycles. The van der Waals surface area contributed by atoms with Gasteiger partial charge in [-0.3, -0.25) is 9.59 Å². The Balaban J connectivity index is 1.64. The number of carbonyl (C=O) groups is 3. The van der Waals surface area contributed by atoms with Crippen LogP contribution in [0, 0.1) is 17.8 Å². The third kappa shape index (κ3) is 14.3. The molecule has 3 aliphatic rings. The third-order valence-corrected chi connectivity index (χ3v) is 13.9. The fourth-order valence-corrected chi connectivity index (χ4v) is 9.42. The molecule has 3 heterocycles. The Morgan fingerprint density at radius 1 is 0.930 bits per heavy atom. The number of esters is 2. The molecule has 2 fully saturated rings. The van der Waals surface area contributed by atoms with E-state index in [1.54, 1.807) is 53.7 Å². The van der Waals surface area contributed by atoms with E-state index in [9.17, 15) is 50.1 Å². The maximum absolute atomic E-state index is 14.1. The number of ketones is 1. The van der Waals surface area contributed by atoms with E-state index in [4.69, 9.17) is 56.4 Å². The van der Waals surface area contributed by atoms with Gasteiger partial charge in [-0.05, 0) is 90.5 Å². The largest absolute Gasteiger partial charge is 0.505 e. The van der Waals surface area contributed by atoms with Crippen LogP contribution in [0.5, 0.6) is 11.5 Å². The number of aliphatic hydroxyl groups excluding tert-OH is 5. The first-order chi connectivity index (χ1) is 33.2. The molecule has 19 heteroatoms. The number of Topliss-reactive ketones (excluding diaryl/α,β-unsaturated/α-hetero) is 1. The molecular formula is C52H74Cl2O17. The summed E-state index contributed by atoms with van der Waals surface area (Å²) in [6.45, 7) is 18.1. The summed E-state index contributed by atoms with van der Waals surface area (Å²) in [5.41, 5.74) is 0.503. The molecule has 3 aliphatic heterocycles. The lowest BCUT2D eigenvalue weighted by atomic mass is 9.81. The van der Waals surface area contributed by atoms with Crippen molar-refractivity contribution in [1.29, 1.82) is 0 Å². The minimum atomic E-state index is -1.60. The standard InChI is InChI=1S/C52H74Cl2O17/c1-13-30-22-26(6)33(56)18-16-15-17-31(23-66-51-46(65-12)41(59)35(29(9)67-51)39(57)36-32(14-2)37(53)42(60)38(54)40(36)58)49(64)68-34(28(8)55)20-19-25(5)21-27(7)45(30)69-50-44(62)43(61)47(52(10,11)71-50)70-48(63)24(3)4/h15-17,19,21-22,24,28-30,33-35,41,43-47,50-51,55-56,58-62H,13-14,18,20,23H2,1-12H3/b16-15+,25-19+,26-22-,27-21+,31-17-/t28-,29-,30?,33+,34+,35+,41+,43-,44+,45+,46+,47+,50-,51-/m1/s1. The molecule has 7 N–H and O–H groups in total. The molecule has 0 amide bonds. The zero-order valence-corrected chi connectivity index (χ0v) is 44.1. The van der Waals surface area contributed by atoms with Crippen LogP contribution in [0.2, 0.25) is 10.0 Å². The van der Waals surface area contributed by atoms with Crippen molar-refractivity contribution < 1.29 is 83.3 Å². The Bertz CT molecular complexity index is 2200. The normalized spacial score (nSPS) is 35.2. The SMILES string of the molecule is CCc1c(Cl)c(O)c(Cl)c(O)c1C(=O)[C@H]1[C@H](O)[C@H](OC)[C@H](OC/C2=C/C=C/C[C@H](O)/C(C)=C\C(CC)[C@@H](O[C@@H]3OC(C)(C)[C@@H](OC(=O)C(C)C)[C@H](O)[C@@H]3O)/C(C)=C/C(C)=C/C[C@@H]([C@@H](C)O)OC2=O)O[C@@H]1C. The van der Waals surface area contributed by atoms with Crippen LogP contribution in [0.4, 0.5) is 0 Å². The summed E-state index contributed by atoms with van der Waals surface area (Å²) in [7, 11) is 1.27. The minimum Gasteiger partial charge on any atom is -0.505 e. The highest BCUT2D eigenvalue weighted by Gasteiger charge is 2.53. The molecule has 0 bridgehead atoms. The molecule has 71 heavy (non-hydrogen) atoms. The van der Waals surface area contributed by atoms with Gasteiger partial charge in [-0.1, -0.05) is 86.9 Å². The Morgan fingerprint density at radius 2 is 1.59 bits per heavy atom. The van der Waals surface area contributed by atoms with E-state index in [0.29, 0.717) is 23.1 Å². The fraction of sp³-hybridized carbons (Fsp3) is 0.635. The highest BCUT2D eigenvalue weighted by atomic mass is 35.5. The van der Waals surface area contributed by atoms with E-state index < -0.39 is 138 Å². The molecular weight excluding hydrogens is 967 g/mol. The number of aliphatic hydroxyl groups is 5. The highest BCUT2D eigenvalue weighted by Crippen LogP contribution is 2.46. The minimum absolute atomic E-state index is 0.0354. The molecule has 1 aromatic rings. The Hall–Kier alpha value is -3.69. The number of allylic oxidation sites excluding steroid dienone is 4. The molecule has 2 saturated heterocycles. The summed E-state index contributed by atoms with van der Waals surface area (Å²) in [5, 5.41) is 77.0. The van der Waals surface area contributed by atoms with Crippen LogP contribution in [0.1, 0.15) is 111 Å². The van der Waals surface area contributed by atoms with Crippen LogP contribution in [-0.2, 0) is 49.2 Å². The first kappa shape index (κ1) is 59.9. The predicted molar refractivity (Wildman–Crippen MR) is 264 cm³/mol. The van der Waals surface area contributed by atoms with Crippen molar-refractivity contribution in [2.45, 2.75) is 181 Å². The zero-order chi connectivity index (χ0) is 53.4. The van der Waals surface area contributed by atoms with Crippen molar-refractivity contribution in [1.82, 2.24) is 0 Å². The number of benzene rings is 1. The van der Waals surface area contributed by atoms with E-state index in [1.807, 2.05) is 32.9 Å². The lowest BCUT2D eigenvalue weighted by molar-refractivity contribution is -0.333. The second-order valence-corrected chi connectivity index (χ2v) is 20.1. The van der Waals surface area contributed by atoms with Crippen molar-refractivity contribution in [3.05, 3.63) is 79.9 Å². The number of hydrogen-bond acceptors (Lipinski definition) is 17. The van der Waals surface area contributed by atoms with Gasteiger partial charge in [0, 0.05) is 19.4 Å². The first-order valence-electron chi connectivity index (χ1n) is 24.0. The van der Waals surface area contributed by atoms with Gasteiger partial charge in [-0.15, -0.1) is 0 Å². The molecule has 0 aromatic heterocycles. The van der Waals surface area contributed by atoms with Gasteiger partial charge in [-0.2, -0.15) is 0 Å². The number of methoxy groups -OCH3 is 1. The summed E-state index contributed by atoms with van der Waals surface area (Å²) >= 11 is 12.4. The van der Waals surface area contributed by atoms with Gasteiger partial charge in [0.15, 0.2) is 30.2 Å². The monoisotopic (exact) mass is 1040 g/mol. The number of phenolic OH excluding ortho intramolecular Hbond substituents is 2. The lowest BCUT2D eigenvalue weighted by Gasteiger charge is -2.47. The van der Waals surface area contributed by atoms with Gasteiger partial charge in [0.2, 0.25) is 0 Å². The van der Waals surface area contributed by atoms with E-state index >= 15 is 0 Å². The van der Waals surface area contributed by atoms with Crippen LogP contribution >= 0.6 is 23.2 Å². The van der Waals surface area contributed by atoms with Crippen molar-refractivity contribution >= 4 is 40.9 Å². The van der Waals surface area contributed by atoms with E-state index in [1.165, 1.54) is 33.1 Å². The quantitative estimate of drug-likeness (QED) is 0.0631. The molecule has 0 aliphatic carbocycles. The summed E-state index contributed by atoms with van der Waals surface area (Å²) in [4.78, 5) is 40.6. The third-order valence-electron chi connectivity index (χ3n) is 13.2. The molecule has 0 spiro atoms. The van der Waals surface area contributed by atoms with Crippen LogP contribution in [0.25, 0.3) is 0 Å². The number of aromatic hydroxyl groups is 2. The number of rotatable bonds is 13. The Labute approximate surface area is 426 Å². The van der Waals surface area contributed by atoms with Gasteiger partial charge in [0.1, 0.15) is 40.8 Å². The smallest absolute Gasteiger partial charge is 0.336 e. The first-order valence-corrected chi connectivity index (χ1v) is 24.8. The molecule has 1 unspecified atom stereocenters. The number of cyclic esters (lactones) is 1. The van der Waals surface area contributed by atoms with E-state index in [0.717, 1.165) is 0 Å². The number of carbonyl (C=O) groups excluding carboxylic acids is 3. The number of ether oxygens (including phenoxy) is 7. The lowest BCUT2D eigenvalue weighted by Crippen LogP contribution is -2.64. The van der Waals surface area contributed by atoms with Crippen LogP contribution in [0.3, 0.4) is 0 Å². The van der Waals surface area contributed by atoms with Gasteiger partial charge in [0.25, 0.3) is 0 Å². The van der Waals surface area contributed by atoms with Crippen LogP contribution in [-0.4, -0.2) is 146 Å². The van der Waals surface area contributed by atoms with Gasteiger partial charge in [-0.25, -0.2) is 4.79 Å². The fourth-order valence-electron chi connectivity index (χ4n) is 8.86. The zero-order valence-electron chi connectivity index (χ0n) is 42.6. The maximum atomic E-state index is 14.1.